The first-order valence-electron chi connectivity index (χ1n) is 9.70. The lowest BCUT2D eigenvalue weighted by Crippen LogP contribution is -2.62. The van der Waals surface area contributed by atoms with E-state index in [0.717, 1.165) is 11.1 Å². The van der Waals surface area contributed by atoms with E-state index in [0.29, 0.717) is 12.5 Å². The van der Waals surface area contributed by atoms with Gasteiger partial charge in [0.1, 0.15) is 5.41 Å². The van der Waals surface area contributed by atoms with Gasteiger partial charge in [-0.25, -0.2) is 4.98 Å². The maximum atomic E-state index is 14.1. The van der Waals surface area contributed by atoms with Crippen molar-refractivity contribution in [3.05, 3.63) is 59.9 Å². The molecule has 1 aromatic heterocycles. The molecule has 1 unspecified atom stereocenters. The zero-order chi connectivity index (χ0) is 21.0. The molecule has 0 spiro atoms. The van der Waals surface area contributed by atoms with Crippen molar-refractivity contribution in [2.45, 2.75) is 32.6 Å². The Kier molecular flexibility index (Phi) is 4.06. The topological polar surface area (TPSA) is 79.0 Å². The number of nitriles is 1. The molecule has 29 heavy (non-hydrogen) atoms. The number of benzene rings is 1. The predicted molar refractivity (Wildman–Crippen MR) is 109 cm³/mol. The minimum Gasteiger partial charge on any atom is -0.320 e. The Balaban J connectivity index is 2.02. The van der Waals surface area contributed by atoms with Crippen LogP contribution in [0.15, 0.2) is 54.4 Å². The van der Waals surface area contributed by atoms with E-state index in [1.807, 2.05) is 57.3 Å². The number of carbonyl (C=O) groups excluding carboxylic acids is 2. The van der Waals surface area contributed by atoms with Gasteiger partial charge in [0.05, 0.1) is 11.5 Å². The van der Waals surface area contributed by atoms with Crippen molar-refractivity contribution in [1.29, 1.82) is 5.26 Å². The number of fused-ring (bicyclic) bond motifs is 1. The van der Waals surface area contributed by atoms with Gasteiger partial charge >= 0.3 is 0 Å². The third-order valence-electron chi connectivity index (χ3n) is 6.46. The molecule has 0 N–H and O–H groups in total. The van der Waals surface area contributed by atoms with Gasteiger partial charge in [-0.2, -0.15) is 5.26 Å². The third kappa shape index (κ3) is 2.43. The zero-order valence-electron chi connectivity index (χ0n) is 17.1. The van der Waals surface area contributed by atoms with Gasteiger partial charge in [-0.05, 0) is 38.3 Å². The quantitative estimate of drug-likeness (QED) is 0.740. The highest BCUT2D eigenvalue weighted by molar-refractivity contribution is 6.09. The van der Waals surface area contributed by atoms with Gasteiger partial charge in [-0.15, -0.1) is 0 Å². The molecule has 2 heterocycles. The highest BCUT2D eigenvalue weighted by atomic mass is 16.2. The van der Waals surface area contributed by atoms with Crippen LogP contribution < -0.4 is 4.90 Å². The summed E-state index contributed by atoms with van der Waals surface area (Å²) in [4.78, 5) is 33.5. The number of imidazole rings is 1. The van der Waals surface area contributed by atoms with Gasteiger partial charge in [-0.3, -0.25) is 14.5 Å². The first kappa shape index (κ1) is 19.1. The van der Waals surface area contributed by atoms with E-state index < -0.39 is 16.2 Å². The number of hydrogen-bond donors (Lipinski definition) is 0. The number of amides is 1. The lowest BCUT2D eigenvalue weighted by molar-refractivity contribution is -0.139. The molecule has 1 saturated carbocycles. The summed E-state index contributed by atoms with van der Waals surface area (Å²) in [5.74, 6) is 0.273. The summed E-state index contributed by atoms with van der Waals surface area (Å²) in [7, 11) is 1.85. The molecule has 148 valence electrons. The SMILES string of the molecule is Cn1ccnc1N1CC=C2C(C)(C)C(=O)C(C)(C#N)C[C@]2(c2ccccc2)C1=O. The first-order valence-corrected chi connectivity index (χ1v) is 9.70. The van der Waals surface area contributed by atoms with Crippen molar-refractivity contribution in [2.24, 2.45) is 17.9 Å². The van der Waals surface area contributed by atoms with E-state index >= 15 is 0 Å². The molecule has 6 nitrogen and oxygen atoms in total. The second kappa shape index (κ2) is 6.15. The van der Waals surface area contributed by atoms with Crippen molar-refractivity contribution in [1.82, 2.24) is 9.55 Å². The minimum absolute atomic E-state index is 0.119. The molecule has 1 amide bonds. The lowest BCUT2D eigenvalue weighted by Gasteiger charge is -2.53. The fraction of sp³-hybridized carbons (Fsp3) is 0.391. The number of Topliss-reactive ketones (excluding diaryl/α,β-unsaturated/α-hetero) is 1. The summed E-state index contributed by atoms with van der Waals surface area (Å²) in [5, 5.41) is 9.95. The number of aromatic nitrogens is 2. The van der Waals surface area contributed by atoms with Crippen molar-refractivity contribution < 1.29 is 9.59 Å². The normalized spacial score (nSPS) is 28.5. The summed E-state index contributed by atoms with van der Waals surface area (Å²) in [6, 6.07) is 11.7. The van der Waals surface area contributed by atoms with Gasteiger partial charge < -0.3 is 4.57 Å². The Bertz CT molecular complexity index is 1080. The molecule has 1 aliphatic heterocycles. The molecular formula is C23H24N4O2. The molecule has 6 heteroatoms. The molecule has 1 aliphatic carbocycles. The highest BCUT2D eigenvalue weighted by Crippen LogP contribution is 2.58. The van der Waals surface area contributed by atoms with Gasteiger partial charge in [-0.1, -0.05) is 36.4 Å². The molecule has 2 aromatic rings. The van der Waals surface area contributed by atoms with Crippen molar-refractivity contribution >= 4 is 17.6 Å². The molecule has 0 radical (unpaired) electrons. The van der Waals surface area contributed by atoms with E-state index in [-0.39, 0.29) is 18.1 Å². The molecule has 2 atom stereocenters. The van der Waals surface area contributed by atoms with Crippen LogP contribution in [-0.2, 0) is 22.1 Å². The molecular weight excluding hydrogens is 364 g/mol. The smallest absolute Gasteiger partial charge is 0.244 e. The largest absolute Gasteiger partial charge is 0.320 e. The van der Waals surface area contributed by atoms with Crippen LogP contribution in [0.2, 0.25) is 0 Å². The Morgan fingerprint density at radius 1 is 1.14 bits per heavy atom. The third-order valence-corrected chi connectivity index (χ3v) is 6.46. The average Bonchev–Trinajstić information content (AvgIpc) is 3.14. The van der Waals surface area contributed by atoms with Crippen molar-refractivity contribution in [2.75, 3.05) is 11.4 Å². The van der Waals surface area contributed by atoms with Crippen LogP contribution in [0.5, 0.6) is 0 Å². The second-order valence-corrected chi connectivity index (χ2v) is 8.72. The molecule has 0 bridgehead atoms. The number of nitrogens with zero attached hydrogens (tertiary/aromatic N) is 4. The van der Waals surface area contributed by atoms with Crippen LogP contribution in [0.3, 0.4) is 0 Å². The Morgan fingerprint density at radius 3 is 2.41 bits per heavy atom. The van der Waals surface area contributed by atoms with E-state index in [1.165, 1.54) is 0 Å². The van der Waals surface area contributed by atoms with Gasteiger partial charge in [0.15, 0.2) is 5.78 Å². The molecule has 0 saturated heterocycles. The number of carbonyl (C=O) groups is 2. The molecule has 4 rings (SSSR count). The Hall–Kier alpha value is -3.20. The highest BCUT2D eigenvalue weighted by Gasteiger charge is 2.64. The van der Waals surface area contributed by atoms with Crippen LogP contribution in [0.4, 0.5) is 5.95 Å². The predicted octanol–water partition coefficient (Wildman–Crippen LogP) is 3.16. The summed E-state index contributed by atoms with van der Waals surface area (Å²) < 4.78 is 1.80. The standard InChI is InChI=1S/C23H24N4O2/c1-21(2)17-10-12-27(20-25-11-13-26(20)4)19(29)23(17,16-8-6-5-7-9-16)14-22(3,15-24)18(21)28/h5-11,13H,12,14H2,1-4H3/t22?,23-/m1/s1. The van der Waals surface area contributed by atoms with E-state index in [4.69, 9.17) is 0 Å². The van der Waals surface area contributed by atoms with Gasteiger partial charge in [0.2, 0.25) is 11.9 Å². The van der Waals surface area contributed by atoms with Crippen LogP contribution in [0, 0.1) is 22.2 Å². The van der Waals surface area contributed by atoms with E-state index in [1.54, 1.807) is 28.8 Å². The number of aryl methyl sites for hydroxylation is 1. The van der Waals surface area contributed by atoms with Crippen LogP contribution >= 0.6 is 0 Å². The van der Waals surface area contributed by atoms with Crippen LogP contribution in [0.1, 0.15) is 32.8 Å². The molecule has 2 aliphatic rings. The van der Waals surface area contributed by atoms with Crippen molar-refractivity contribution in [3.8, 4) is 6.07 Å². The van der Waals surface area contributed by atoms with Gasteiger partial charge in [0, 0.05) is 31.4 Å². The second-order valence-electron chi connectivity index (χ2n) is 8.72. The fourth-order valence-corrected chi connectivity index (χ4v) is 5.15. The summed E-state index contributed by atoms with van der Waals surface area (Å²) in [6.45, 7) is 5.66. The van der Waals surface area contributed by atoms with Crippen molar-refractivity contribution in [3.63, 3.8) is 0 Å². The van der Waals surface area contributed by atoms with E-state index in [9.17, 15) is 14.9 Å². The van der Waals surface area contributed by atoms with Crippen LogP contribution in [-0.4, -0.2) is 27.8 Å². The first-order chi connectivity index (χ1) is 13.7. The average molecular weight is 388 g/mol. The number of hydrogen-bond acceptors (Lipinski definition) is 4. The van der Waals surface area contributed by atoms with E-state index in [2.05, 4.69) is 11.1 Å². The monoisotopic (exact) mass is 388 g/mol. The molecule has 1 fully saturated rings. The maximum absolute atomic E-state index is 14.1. The Morgan fingerprint density at radius 2 is 1.83 bits per heavy atom. The van der Waals surface area contributed by atoms with Gasteiger partial charge in [0.25, 0.3) is 0 Å². The summed E-state index contributed by atoms with van der Waals surface area (Å²) in [5.41, 5.74) is -1.70. The fourth-order valence-electron chi connectivity index (χ4n) is 5.15. The van der Waals surface area contributed by atoms with Crippen LogP contribution in [0.25, 0.3) is 0 Å². The lowest BCUT2D eigenvalue weighted by atomic mass is 9.48. The zero-order valence-corrected chi connectivity index (χ0v) is 17.1. The Labute approximate surface area is 170 Å². The number of rotatable bonds is 2. The number of anilines is 1. The molecule has 1 aromatic carbocycles. The summed E-state index contributed by atoms with van der Waals surface area (Å²) in [6.07, 6.45) is 5.56. The minimum atomic E-state index is -1.27. The maximum Gasteiger partial charge on any atom is 0.244 e. The number of ketones is 1. The summed E-state index contributed by atoms with van der Waals surface area (Å²) >= 11 is 0.